The van der Waals surface area contributed by atoms with Gasteiger partial charge in [0.25, 0.3) is 5.91 Å². The lowest BCUT2D eigenvalue weighted by molar-refractivity contribution is -0.123. The Morgan fingerprint density at radius 2 is 2.00 bits per heavy atom. The fourth-order valence-corrected chi connectivity index (χ4v) is 3.71. The third-order valence-corrected chi connectivity index (χ3v) is 5.38. The van der Waals surface area contributed by atoms with Crippen molar-refractivity contribution in [3.8, 4) is 23.4 Å². The quantitative estimate of drug-likeness (QED) is 0.564. The van der Waals surface area contributed by atoms with Gasteiger partial charge in [-0.05, 0) is 24.1 Å². The van der Waals surface area contributed by atoms with Crippen molar-refractivity contribution < 1.29 is 27.4 Å². The van der Waals surface area contributed by atoms with Gasteiger partial charge in [-0.25, -0.2) is 9.97 Å². The number of nitrogens with zero attached hydrogens (tertiary/aromatic N) is 4. The minimum atomic E-state index is -4.56. The number of carbonyl (C=O) groups excluding carboxylic acids is 1. The molecule has 35 heavy (non-hydrogen) atoms. The first-order valence-corrected chi connectivity index (χ1v) is 10.5. The molecule has 1 aliphatic rings. The van der Waals surface area contributed by atoms with Crippen LogP contribution in [-0.2, 0) is 0 Å². The number of halogens is 3. The Morgan fingerprint density at radius 1 is 1.26 bits per heavy atom. The number of benzene rings is 1. The van der Waals surface area contributed by atoms with Crippen LogP contribution in [0.25, 0.3) is 22.4 Å². The number of fused-ring (bicyclic) bond motifs is 1. The number of allylic oxidation sites excluding steroid dienone is 4. The second-order valence-electron chi connectivity index (χ2n) is 7.67. The van der Waals surface area contributed by atoms with Crippen molar-refractivity contribution in [1.82, 2.24) is 19.9 Å². The van der Waals surface area contributed by atoms with E-state index in [1.807, 2.05) is 5.32 Å². The number of nitrogens with one attached hydrogen (secondary N) is 1. The van der Waals surface area contributed by atoms with Crippen molar-refractivity contribution in [1.29, 1.82) is 5.26 Å². The lowest BCUT2D eigenvalue weighted by Gasteiger charge is -2.16. The summed E-state index contributed by atoms with van der Waals surface area (Å²) in [5.41, 5.74) is 1.81. The summed E-state index contributed by atoms with van der Waals surface area (Å²) in [6, 6.07) is 8.48. The first-order chi connectivity index (χ1) is 16.7. The Morgan fingerprint density at radius 3 is 2.69 bits per heavy atom. The number of hydrogen-bond donors (Lipinski definition) is 1. The zero-order valence-electron chi connectivity index (χ0n) is 18.8. The molecule has 1 aromatic carbocycles. The van der Waals surface area contributed by atoms with Gasteiger partial charge in [0.05, 0.1) is 48.5 Å². The molecule has 1 amide bonds. The maximum Gasteiger partial charge on any atom is 0.405 e. The highest BCUT2D eigenvalue weighted by Gasteiger charge is 2.29. The molecule has 0 spiro atoms. The summed E-state index contributed by atoms with van der Waals surface area (Å²) >= 11 is 0. The molecule has 1 N–H and O–H groups in total. The summed E-state index contributed by atoms with van der Waals surface area (Å²) in [5.74, 6) is -0.0324. The van der Waals surface area contributed by atoms with Crippen LogP contribution in [0.2, 0.25) is 0 Å². The number of rotatable bonds is 6. The highest BCUT2D eigenvalue weighted by atomic mass is 19.4. The monoisotopic (exact) mass is 483 g/mol. The van der Waals surface area contributed by atoms with Gasteiger partial charge in [0.2, 0.25) is 0 Å². The largest absolute Gasteiger partial charge is 0.493 e. The van der Waals surface area contributed by atoms with Crippen LogP contribution in [0.3, 0.4) is 0 Å². The normalized spacial score (nSPS) is 15.4. The van der Waals surface area contributed by atoms with Crippen LogP contribution in [0.15, 0.2) is 48.8 Å². The van der Waals surface area contributed by atoms with Crippen LogP contribution in [0, 0.1) is 17.2 Å². The average molecular weight is 483 g/mol. The van der Waals surface area contributed by atoms with Gasteiger partial charge in [0, 0.05) is 12.1 Å². The van der Waals surface area contributed by atoms with Crippen molar-refractivity contribution in [2.45, 2.75) is 12.6 Å². The van der Waals surface area contributed by atoms with Crippen molar-refractivity contribution in [2.24, 2.45) is 5.92 Å². The van der Waals surface area contributed by atoms with Crippen LogP contribution < -0.4 is 14.8 Å². The molecule has 1 unspecified atom stereocenters. The molecule has 0 bridgehead atoms. The highest BCUT2D eigenvalue weighted by molar-refractivity contribution is 5.99. The Kier molecular flexibility index (Phi) is 6.46. The van der Waals surface area contributed by atoms with E-state index in [2.05, 4.69) is 16.0 Å². The molecule has 180 valence electrons. The summed E-state index contributed by atoms with van der Waals surface area (Å²) in [6.07, 6.45) is 2.56. The number of hydrogen-bond acceptors (Lipinski definition) is 6. The van der Waals surface area contributed by atoms with Gasteiger partial charge >= 0.3 is 6.18 Å². The van der Waals surface area contributed by atoms with E-state index in [1.165, 1.54) is 32.7 Å². The van der Waals surface area contributed by atoms with E-state index in [0.29, 0.717) is 40.3 Å². The highest BCUT2D eigenvalue weighted by Crippen LogP contribution is 2.33. The summed E-state index contributed by atoms with van der Waals surface area (Å²) in [5, 5.41) is 11.2. The first-order valence-electron chi connectivity index (χ1n) is 10.5. The van der Waals surface area contributed by atoms with Crippen LogP contribution in [0.4, 0.5) is 13.2 Å². The zero-order valence-corrected chi connectivity index (χ0v) is 18.8. The second kappa shape index (κ2) is 9.50. The molecule has 2 aromatic heterocycles. The van der Waals surface area contributed by atoms with Crippen LogP contribution in [0.1, 0.15) is 22.5 Å². The van der Waals surface area contributed by atoms with E-state index in [0.717, 1.165) is 0 Å². The fourth-order valence-electron chi connectivity index (χ4n) is 3.71. The molecule has 0 saturated heterocycles. The van der Waals surface area contributed by atoms with Gasteiger partial charge in [0.1, 0.15) is 18.7 Å². The number of imidazole rings is 1. The minimum absolute atomic E-state index is 0.0452. The van der Waals surface area contributed by atoms with E-state index in [-0.39, 0.29) is 11.3 Å². The SMILES string of the molecule is COc1cc2ncn(-c3ccc(C(=O)NCC(F)(F)F)c(C4=CC(C#N)CC=C4)n3)c2cc1OC. The summed E-state index contributed by atoms with van der Waals surface area (Å²) < 4.78 is 50.4. The maximum atomic E-state index is 12.7. The van der Waals surface area contributed by atoms with Crippen molar-refractivity contribution >= 4 is 22.5 Å². The molecule has 4 rings (SSSR count). The summed E-state index contributed by atoms with van der Waals surface area (Å²) in [7, 11) is 3.01. The average Bonchev–Trinajstić information content (AvgIpc) is 3.28. The maximum absolute atomic E-state index is 12.7. The van der Waals surface area contributed by atoms with E-state index in [9.17, 15) is 23.2 Å². The lowest BCUT2D eigenvalue weighted by Crippen LogP contribution is -2.34. The molecular formula is C24H20F3N5O3. The van der Waals surface area contributed by atoms with Crippen molar-refractivity contribution in [3.05, 3.63) is 60.1 Å². The minimum Gasteiger partial charge on any atom is -0.493 e. The number of alkyl halides is 3. The van der Waals surface area contributed by atoms with E-state index >= 15 is 0 Å². The predicted molar refractivity (Wildman–Crippen MR) is 121 cm³/mol. The first kappa shape index (κ1) is 23.8. The molecule has 0 fully saturated rings. The molecule has 11 heteroatoms. The van der Waals surface area contributed by atoms with Gasteiger partial charge in [-0.3, -0.25) is 9.36 Å². The van der Waals surface area contributed by atoms with Gasteiger partial charge in [-0.1, -0.05) is 18.2 Å². The predicted octanol–water partition coefficient (Wildman–Crippen LogP) is 4.21. The summed E-state index contributed by atoms with van der Waals surface area (Å²) in [6.45, 7) is -1.48. The van der Waals surface area contributed by atoms with Gasteiger partial charge < -0.3 is 14.8 Å². The summed E-state index contributed by atoms with van der Waals surface area (Å²) in [4.78, 5) is 21.6. The lowest BCUT2D eigenvalue weighted by atomic mass is 9.93. The van der Waals surface area contributed by atoms with Crippen LogP contribution >= 0.6 is 0 Å². The van der Waals surface area contributed by atoms with Crippen molar-refractivity contribution in [2.75, 3.05) is 20.8 Å². The number of carbonyl (C=O) groups is 1. The number of ether oxygens (including phenoxy) is 2. The molecular weight excluding hydrogens is 463 g/mol. The number of nitriles is 1. The zero-order chi connectivity index (χ0) is 25.2. The van der Waals surface area contributed by atoms with Crippen LogP contribution in [0.5, 0.6) is 11.5 Å². The van der Waals surface area contributed by atoms with Gasteiger partial charge in [0.15, 0.2) is 11.5 Å². The number of amides is 1. The van der Waals surface area contributed by atoms with Crippen molar-refractivity contribution in [3.63, 3.8) is 0 Å². The molecule has 8 nitrogen and oxygen atoms in total. The van der Waals surface area contributed by atoms with Gasteiger partial charge in [-0.2, -0.15) is 18.4 Å². The molecule has 2 heterocycles. The number of methoxy groups -OCH3 is 2. The van der Waals surface area contributed by atoms with Gasteiger partial charge in [-0.15, -0.1) is 0 Å². The standard InChI is InChI=1S/C24H20F3N5O3/c1-34-19-9-17-18(10-20(19)35-2)32(13-30-17)21-7-6-16(23(33)29-12-24(25,26)27)22(31-21)15-5-3-4-14(8-15)11-28/h3,5-10,13-14H,4,12H2,1-2H3,(H,29,33). The Balaban J connectivity index is 1.83. The number of aromatic nitrogens is 3. The Hall–Kier alpha value is -4.33. The molecule has 0 saturated carbocycles. The third kappa shape index (κ3) is 4.96. The van der Waals surface area contributed by atoms with E-state index < -0.39 is 24.5 Å². The van der Waals surface area contributed by atoms with E-state index in [1.54, 1.807) is 34.9 Å². The van der Waals surface area contributed by atoms with E-state index in [4.69, 9.17) is 9.47 Å². The molecule has 1 atom stereocenters. The molecule has 0 aliphatic heterocycles. The Labute approximate surface area is 198 Å². The second-order valence-corrected chi connectivity index (χ2v) is 7.67. The Bertz CT molecular complexity index is 1390. The smallest absolute Gasteiger partial charge is 0.405 e. The molecule has 3 aromatic rings. The fraction of sp³-hybridized carbons (Fsp3) is 0.250. The van der Waals surface area contributed by atoms with Crippen LogP contribution in [-0.4, -0.2) is 47.4 Å². The number of pyridine rings is 1. The third-order valence-electron chi connectivity index (χ3n) is 5.38. The molecule has 1 aliphatic carbocycles. The topological polar surface area (TPSA) is 102 Å². The molecule has 0 radical (unpaired) electrons.